The van der Waals surface area contributed by atoms with Crippen LogP contribution in [0, 0.1) is 13.8 Å². The monoisotopic (exact) mass is 276 g/mol. The van der Waals surface area contributed by atoms with Crippen LogP contribution in [0.5, 0.6) is 5.75 Å². The molecule has 4 nitrogen and oxygen atoms in total. The highest BCUT2D eigenvalue weighted by atomic mass is 16.5. The number of carbonyl (C=O) groups excluding carboxylic acids is 1. The smallest absolute Gasteiger partial charge is 0.223 e. The molecule has 1 aliphatic rings. The Balaban J connectivity index is 1.69. The van der Waals surface area contributed by atoms with Crippen molar-refractivity contribution in [2.24, 2.45) is 0 Å². The van der Waals surface area contributed by atoms with E-state index in [1.807, 2.05) is 18.2 Å². The molecule has 0 saturated carbocycles. The van der Waals surface area contributed by atoms with Crippen molar-refractivity contribution >= 4 is 5.91 Å². The zero-order chi connectivity index (χ0) is 14.4. The summed E-state index contributed by atoms with van der Waals surface area (Å²) in [5.74, 6) is 0.905. The fourth-order valence-electron chi connectivity index (χ4n) is 2.34. The van der Waals surface area contributed by atoms with E-state index in [0.717, 1.165) is 31.7 Å². The minimum atomic E-state index is 0.0718. The van der Waals surface area contributed by atoms with Gasteiger partial charge >= 0.3 is 0 Å². The first-order valence-electron chi connectivity index (χ1n) is 7.35. The maximum atomic E-state index is 11.8. The van der Waals surface area contributed by atoms with Crippen LogP contribution < -0.4 is 15.4 Å². The summed E-state index contributed by atoms with van der Waals surface area (Å²) >= 11 is 0. The van der Waals surface area contributed by atoms with Crippen molar-refractivity contribution in [2.75, 3.05) is 19.7 Å². The van der Waals surface area contributed by atoms with Crippen molar-refractivity contribution < 1.29 is 9.53 Å². The molecular formula is C16H24N2O2. The van der Waals surface area contributed by atoms with Gasteiger partial charge in [0.2, 0.25) is 5.91 Å². The van der Waals surface area contributed by atoms with E-state index < -0.39 is 0 Å². The number of carbonyl (C=O) groups is 1. The van der Waals surface area contributed by atoms with Crippen LogP contribution in [-0.4, -0.2) is 31.6 Å². The van der Waals surface area contributed by atoms with Gasteiger partial charge in [-0.25, -0.2) is 0 Å². The van der Waals surface area contributed by atoms with Gasteiger partial charge in [0, 0.05) is 12.6 Å². The lowest BCUT2D eigenvalue weighted by molar-refractivity contribution is -0.122. The van der Waals surface area contributed by atoms with Crippen molar-refractivity contribution in [1.29, 1.82) is 0 Å². The third kappa shape index (κ3) is 4.53. The van der Waals surface area contributed by atoms with Crippen LogP contribution in [0.1, 0.15) is 30.4 Å². The summed E-state index contributed by atoms with van der Waals surface area (Å²) in [6.45, 7) is 6.50. The quantitative estimate of drug-likeness (QED) is 0.864. The lowest BCUT2D eigenvalue weighted by atomic mass is 10.1. The van der Waals surface area contributed by atoms with E-state index in [1.54, 1.807) is 0 Å². The van der Waals surface area contributed by atoms with Gasteiger partial charge in [-0.15, -0.1) is 0 Å². The Morgan fingerprint density at radius 1 is 1.40 bits per heavy atom. The molecule has 0 bridgehead atoms. The fourth-order valence-corrected chi connectivity index (χ4v) is 2.34. The molecule has 0 spiro atoms. The van der Waals surface area contributed by atoms with Crippen molar-refractivity contribution in [3.05, 3.63) is 29.3 Å². The van der Waals surface area contributed by atoms with Crippen LogP contribution in [0.3, 0.4) is 0 Å². The zero-order valence-electron chi connectivity index (χ0n) is 12.4. The average Bonchev–Trinajstić information content (AvgIpc) is 2.44. The molecule has 2 rings (SSSR count). The van der Waals surface area contributed by atoms with Gasteiger partial charge < -0.3 is 15.4 Å². The van der Waals surface area contributed by atoms with E-state index in [4.69, 9.17) is 4.74 Å². The third-order valence-electron chi connectivity index (χ3n) is 3.74. The molecule has 0 radical (unpaired) electrons. The van der Waals surface area contributed by atoms with Crippen molar-refractivity contribution in [3.63, 3.8) is 0 Å². The number of amides is 1. The maximum Gasteiger partial charge on any atom is 0.223 e. The molecule has 1 amide bonds. The lowest BCUT2D eigenvalue weighted by Gasteiger charge is -2.23. The van der Waals surface area contributed by atoms with E-state index in [2.05, 4.69) is 24.5 Å². The number of benzene rings is 1. The Kier molecular flexibility index (Phi) is 5.41. The second-order valence-electron chi connectivity index (χ2n) is 5.46. The molecule has 1 heterocycles. The van der Waals surface area contributed by atoms with Crippen LogP contribution in [0.4, 0.5) is 0 Å². The van der Waals surface area contributed by atoms with Gasteiger partial charge in [-0.05, 0) is 56.5 Å². The van der Waals surface area contributed by atoms with Crippen molar-refractivity contribution in [2.45, 2.75) is 39.2 Å². The highest BCUT2D eigenvalue weighted by Crippen LogP contribution is 2.16. The number of aryl methyl sites for hydroxylation is 2. The highest BCUT2D eigenvalue weighted by Gasteiger charge is 2.14. The zero-order valence-corrected chi connectivity index (χ0v) is 12.4. The maximum absolute atomic E-state index is 11.8. The molecule has 110 valence electrons. The van der Waals surface area contributed by atoms with Crippen molar-refractivity contribution in [3.8, 4) is 5.75 Å². The average molecular weight is 276 g/mol. The van der Waals surface area contributed by atoms with Crippen LogP contribution in [0.2, 0.25) is 0 Å². The number of ether oxygens (including phenoxy) is 1. The van der Waals surface area contributed by atoms with Crippen molar-refractivity contribution in [1.82, 2.24) is 10.6 Å². The summed E-state index contributed by atoms with van der Waals surface area (Å²) in [6.07, 6.45) is 2.60. The van der Waals surface area contributed by atoms with Gasteiger partial charge in [-0.2, -0.15) is 0 Å². The molecule has 0 aliphatic carbocycles. The van der Waals surface area contributed by atoms with E-state index in [0.29, 0.717) is 13.0 Å². The van der Waals surface area contributed by atoms with Gasteiger partial charge in [0.05, 0.1) is 13.0 Å². The lowest BCUT2D eigenvalue weighted by Crippen LogP contribution is -2.45. The van der Waals surface area contributed by atoms with Gasteiger partial charge in [-0.1, -0.05) is 6.07 Å². The normalized spacial score (nSPS) is 18.6. The Labute approximate surface area is 120 Å². The molecular weight excluding hydrogens is 252 g/mol. The van der Waals surface area contributed by atoms with E-state index in [1.165, 1.54) is 11.1 Å². The first-order chi connectivity index (χ1) is 9.65. The molecule has 20 heavy (non-hydrogen) atoms. The molecule has 2 N–H and O–H groups in total. The van der Waals surface area contributed by atoms with Gasteiger partial charge in [0.1, 0.15) is 5.75 Å². The second kappa shape index (κ2) is 7.29. The molecule has 1 fully saturated rings. The summed E-state index contributed by atoms with van der Waals surface area (Å²) < 4.78 is 5.63. The van der Waals surface area contributed by atoms with E-state index >= 15 is 0 Å². The summed E-state index contributed by atoms with van der Waals surface area (Å²) in [6, 6.07) is 6.28. The highest BCUT2D eigenvalue weighted by molar-refractivity contribution is 5.76. The Morgan fingerprint density at radius 3 is 2.95 bits per heavy atom. The third-order valence-corrected chi connectivity index (χ3v) is 3.74. The molecule has 1 aliphatic heterocycles. The molecule has 0 unspecified atom stereocenters. The van der Waals surface area contributed by atoms with E-state index in [9.17, 15) is 4.79 Å². The molecule has 1 saturated heterocycles. The Morgan fingerprint density at radius 2 is 2.25 bits per heavy atom. The largest absolute Gasteiger partial charge is 0.493 e. The Bertz CT molecular complexity index is 454. The fraction of sp³-hybridized carbons (Fsp3) is 0.562. The Hall–Kier alpha value is -1.55. The number of piperidine rings is 1. The number of nitrogens with one attached hydrogen (secondary N) is 2. The second-order valence-corrected chi connectivity index (χ2v) is 5.46. The van der Waals surface area contributed by atoms with Gasteiger partial charge in [0.15, 0.2) is 0 Å². The molecule has 1 atom stereocenters. The summed E-state index contributed by atoms with van der Waals surface area (Å²) in [7, 11) is 0. The first-order valence-corrected chi connectivity index (χ1v) is 7.35. The number of hydrogen-bond donors (Lipinski definition) is 2. The topological polar surface area (TPSA) is 50.4 Å². The van der Waals surface area contributed by atoms with Crippen LogP contribution >= 0.6 is 0 Å². The molecule has 4 heteroatoms. The summed E-state index contributed by atoms with van der Waals surface area (Å²) in [5, 5.41) is 6.33. The molecule has 1 aromatic carbocycles. The minimum absolute atomic E-state index is 0.0718. The molecule has 1 aromatic rings. The minimum Gasteiger partial charge on any atom is -0.493 e. The first kappa shape index (κ1) is 14.9. The number of hydrogen-bond acceptors (Lipinski definition) is 3. The summed E-state index contributed by atoms with van der Waals surface area (Å²) in [5.41, 5.74) is 2.46. The predicted molar refractivity (Wildman–Crippen MR) is 80.1 cm³/mol. The predicted octanol–water partition coefficient (Wildman–Crippen LogP) is 1.94. The van der Waals surface area contributed by atoms with Gasteiger partial charge in [-0.3, -0.25) is 4.79 Å². The number of rotatable bonds is 5. The van der Waals surface area contributed by atoms with Crippen LogP contribution in [0.25, 0.3) is 0 Å². The van der Waals surface area contributed by atoms with E-state index in [-0.39, 0.29) is 11.9 Å². The molecule has 0 aromatic heterocycles. The van der Waals surface area contributed by atoms with Crippen LogP contribution in [-0.2, 0) is 4.79 Å². The summed E-state index contributed by atoms with van der Waals surface area (Å²) in [4.78, 5) is 11.8. The SMILES string of the molecule is Cc1ccc(OCCC(=O)N[C@H]2CCCNC2)cc1C. The standard InChI is InChI=1S/C16H24N2O2/c1-12-5-6-15(10-13(12)2)20-9-7-16(19)18-14-4-3-8-17-11-14/h5-6,10,14,17H,3-4,7-9,11H2,1-2H3,(H,18,19)/t14-/m0/s1. The van der Waals surface area contributed by atoms with Gasteiger partial charge in [0.25, 0.3) is 0 Å². The van der Waals surface area contributed by atoms with Crippen LogP contribution in [0.15, 0.2) is 18.2 Å².